The van der Waals surface area contributed by atoms with E-state index in [1.54, 1.807) is 6.07 Å². The van der Waals surface area contributed by atoms with Crippen LogP contribution in [0, 0.1) is 0 Å². The lowest BCUT2D eigenvalue weighted by atomic mass is 10.1. The first-order chi connectivity index (χ1) is 11.8. The van der Waals surface area contributed by atoms with E-state index in [0.29, 0.717) is 17.9 Å². The van der Waals surface area contributed by atoms with Crippen molar-refractivity contribution in [2.45, 2.75) is 17.7 Å². The van der Waals surface area contributed by atoms with Crippen LogP contribution in [0.15, 0.2) is 47.4 Å². The van der Waals surface area contributed by atoms with Crippen LogP contribution in [0.1, 0.15) is 22.3 Å². The van der Waals surface area contributed by atoms with Gasteiger partial charge in [-0.3, -0.25) is 0 Å². The largest absolute Gasteiger partial charge is 0.465 e. The van der Waals surface area contributed by atoms with Crippen LogP contribution < -0.4 is 4.72 Å². The molecule has 0 aliphatic heterocycles. The Labute approximate surface area is 157 Å². The molecule has 0 amide bonds. The summed E-state index contributed by atoms with van der Waals surface area (Å²) in [6.45, 7) is 0.240. The number of ether oxygens (including phenoxy) is 1. The molecular weight excluding hydrogens is 385 g/mol. The summed E-state index contributed by atoms with van der Waals surface area (Å²) in [6, 6.07) is 11.3. The highest BCUT2D eigenvalue weighted by Gasteiger charge is 2.18. The van der Waals surface area contributed by atoms with E-state index in [-0.39, 0.29) is 22.0 Å². The highest BCUT2D eigenvalue weighted by Crippen LogP contribution is 2.21. The lowest BCUT2D eigenvalue weighted by molar-refractivity contribution is 0.0600. The van der Waals surface area contributed by atoms with Crippen molar-refractivity contribution >= 4 is 39.2 Å². The van der Waals surface area contributed by atoms with Gasteiger partial charge in [0.1, 0.15) is 0 Å². The van der Waals surface area contributed by atoms with Gasteiger partial charge in [-0.1, -0.05) is 41.4 Å². The normalized spacial score (nSPS) is 11.3. The molecule has 5 nitrogen and oxygen atoms in total. The molecule has 0 bridgehead atoms. The van der Waals surface area contributed by atoms with Crippen molar-refractivity contribution in [1.29, 1.82) is 0 Å². The number of esters is 1. The second kappa shape index (κ2) is 8.67. The van der Waals surface area contributed by atoms with Crippen LogP contribution >= 0.6 is 23.2 Å². The summed E-state index contributed by atoms with van der Waals surface area (Å²) >= 11 is 12.0. The number of aryl methyl sites for hydroxylation is 1. The number of sulfonamides is 1. The predicted octanol–water partition coefficient (Wildman–Crippen LogP) is 3.69. The molecule has 1 N–H and O–H groups in total. The van der Waals surface area contributed by atoms with Gasteiger partial charge in [0, 0.05) is 11.6 Å². The molecule has 134 valence electrons. The van der Waals surface area contributed by atoms with Crippen LogP contribution in [-0.2, 0) is 21.2 Å². The molecule has 0 saturated heterocycles. The number of hydrogen-bond donors (Lipinski definition) is 1. The van der Waals surface area contributed by atoms with E-state index in [9.17, 15) is 13.2 Å². The van der Waals surface area contributed by atoms with Crippen LogP contribution in [0.4, 0.5) is 0 Å². The van der Waals surface area contributed by atoms with Gasteiger partial charge in [0.05, 0.1) is 22.6 Å². The van der Waals surface area contributed by atoms with Crippen LogP contribution in [-0.4, -0.2) is 28.0 Å². The number of carbonyl (C=O) groups excluding carboxylic acids is 1. The topological polar surface area (TPSA) is 72.5 Å². The number of methoxy groups -OCH3 is 1. The van der Waals surface area contributed by atoms with E-state index in [1.165, 1.54) is 25.3 Å². The molecule has 0 aliphatic carbocycles. The van der Waals surface area contributed by atoms with Crippen molar-refractivity contribution in [2.24, 2.45) is 0 Å². The summed E-state index contributed by atoms with van der Waals surface area (Å²) in [5.74, 6) is -0.694. The molecule has 0 heterocycles. The molecule has 0 saturated carbocycles. The number of hydrogen-bond acceptors (Lipinski definition) is 4. The van der Waals surface area contributed by atoms with Crippen LogP contribution in [0.25, 0.3) is 0 Å². The van der Waals surface area contributed by atoms with Crippen molar-refractivity contribution in [3.05, 3.63) is 63.6 Å². The number of rotatable bonds is 7. The lowest BCUT2D eigenvalue weighted by Crippen LogP contribution is -2.25. The highest BCUT2D eigenvalue weighted by molar-refractivity contribution is 7.89. The van der Waals surface area contributed by atoms with Crippen molar-refractivity contribution in [1.82, 2.24) is 4.72 Å². The van der Waals surface area contributed by atoms with Gasteiger partial charge in [-0.25, -0.2) is 17.9 Å². The first-order valence-electron chi connectivity index (χ1n) is 7.46. The smallest absolute Gasteiger partial charge is 0.339 e. The van der Waals surface area contributed by atoms with Crippen molar-refractivity contribution in [3.8, 4) is 0 Å². The fourth-order valence-corrected chi connectivity index (χ4v) is 3.73. The number of halogens is 2. The minimum absolute atomic E-state index is 0.00288. The third kappa shape index (κ3) is 5.19. The summed E-state index contributed by atoms with van der Waals surface area (Å²) < 4.78 is 31.8. The van der Waals surface area contributed by atoms with Crippen LogP contribution in [0.5, 0.6) is 0 Å². The molecule has 0 aromatic heterocycles. The quantitative estimate of drug-likeness (QED) is 0.566. The Hall–Kier alpha value is -1.60. The maximum atomic E-state index is 12.4. The van der Waals surface area contributed by atoms with E-state index in [2.05, 4.69) is 9.46 Å². The minimum atomic E-state index is -3.76. The van der Waals surface area contributed by atoms with Gasteiger partial charge in [0.2, 0.25) is 10.0 Å². The Morgan fingerprint density at radius 3 is 2.52 bits per heavy atom. The lowest BCUT2D eigenvalue weighted by Gasteiger charge is -2.09. The zero-order valence-electron chi connectivity index (χ0n) is 13.5. The van der Waals surface area contributed by atoms with Crippen molar-refractivity contribution in [3.63, 3.8) is 0 Å². The Morgan fingerprint density at radius 1 is 1.12 bits per heavy atom. The first-order valence-corrected chi connectivity index (χ1v) is 9.70. The van der Waals surface area contributed by atoms with Gasteiger partial charge in [-0.05, 0) is 42.7 Å². The molecule has 0 fully saturated rings. The Kier molecular flexibility index (Phi) is 6.84. The monoisotopic (exact) mass is 401 g/mol. The Balaban J connectivity index is 2.02. The number of benzene rings is 2. The van der Waals surface area contributed by atoms with Crippen LogP contribution in [0.3, 0.4) is 0 Å². The van der Waals surface area contributed by atoms with Crippen molar-refractivity contribution < 1.29 is 17.9 Å². The highest BCUT2D eigenvalue weighted by atomic mass is 35.5. The van der Waals surface area contributed by atoms with E-state index in [0.717, 1.165) is 5.56 Å². The molecular formula is C17H17Cl2NO4S. The van der Waals surface area contributed by atoms with Gasteiger partial charge in [-0.15, -0.1) is 0 Å². The van der Waals surface area contributed by atoms with Gasteiger partial charge in [-0.2, -0.15) is 0 Å². The van der Waals surface area contributed by atoms with E-state index >= 15 is 0 Å². The summed E-state index contributed by atoms with van der Waals surface area (Å²) in [6.07, 6.45) is 1.23. The maximum absolute atomic E-state index is 12.4. The molecule has 0 aliphatic rings. The second-order valence-electron chi connectivity index (χ2n) is 5.23. The summed E-state index contributed by atoms with van der Waals surface area (Å²) in [4.78, 5) is 11.6. The third-order valence-corrected chi connectivity index (χ3v) is 5.68. The molecule has 2 aromatic rings. The SMILES string of the molecule is COC(=O)c1cc(S(=O)(=O)NCCCc2ccccc2Cl)ccc1Cl. The van der Waals surface area contributed by atoms with E-state index in [1.807, 2.05) is 18.2 Å². The number of carbonyl (C=O) groups is 1. The van der Waals surface area contributed by atoms with Crippen molar-refractivity contribution in [2.75, 3.05) is 13.7 Å². The Bertz CT molecular complexity index is 869. The standard InChI is InChI=1S/C17H17Cl2NO4S/c1-24-17(21)14-11-13(8-9-16(14)19)25(22,23)20-10-4-6-12-5-2-3-7-15(12)18/h2-3,5,7-9,11,20H,4,6,10H2,1H3. The zero-order valence-corrected chi connectivity index (χ0v) is 15.8. The van der Waals surface area contributed by atoms with Crippen LogP contribution in [0.2, 0.25) is 10.0 Å². The summed E-state index contributed by atoms with van der Waals surface area (Å²) in [7, 11) is -2.55. The maximum Gasteiger partial charge on any atom is 0.339 e. The van der Waals surface area contributed by atoms with Gasteiger partial charge in [0.15, 0.2) is 0 Å². The minimum Gasteiger partial charge on any atom is -0.465 e. The predicted molar refractivity (Wildman–Crippen MR) is 97.8 cm³/mol. The molecule has 25 heavy (non-hydrogen) atoms. The van der Waals surface area contributed by atoms with Gasteiger partial charge < -0.3 is 4.74 Å². The Morgan fingerprint density at radius 2 is 1.84 bits per heavy atom. The molecule has 2 aromatic carbocycles. The van der Waals surface area contributed by atoms with Gasteiger partial charge in [0.25, 0.3) is 0 Å². The fourth-order valence-electron chi connectivity index (χ4n) is 2.21. The average Bonchev–Trinajstić information content (AvgIpc) is 2.59. The third-order valence-electron chi connectivity index (χ3n) is 3.53. The molecule has 0 atom stereocenters. The average molecular weight is 402 g/mol. The number of nitrogens with one attached hydrogen (secondary N) is 1. The first kappa shape index (κ1) is 19.7. The second-order valence-corrected chi connectivity index (χ2v) is 7.81. The molecule has 8 heteroatoms. The molecule has 0 unspecified atom stereocenters. The van der Waals surface area contributed by atoms with E-state index in [4.69, 9.17) is 23.2 Å². The fraction of sp³-hybridized carbons (Fsp3) is 0.235. The van der Waals surface area contributed by atoms with Gasteiger partial charge >= 0.3 is 5.97 Å². The van der Waals surface area contributed by atoms with E-state index < -0.39 is 16.0 Å². The zero-order chi connectivity index (χ0) is 18.4. The molecule has 0 spiro atoms. The summed E-state index contributed by atoms with van der Waals surface area (Å²) in [5.41, 5.74) is 0.964. The summed E-state index contributed by atoms with van der Waals surface area (Å²) in [5, 5.41) is 0.787. The molecule has 0 radical (unpaired) electrons. The molecule has 2 rings (SSSR count).